The maximum absolute atomic E-state index is 5.73. The Bertz CT molecular complexity index is 356. The van der Waals surface area contributed by atoms with E-state index in [9.17, 15) is 0 Å². The van der Waals surface area contributed by atoms with Gasteiger partial charge in [0.1, 0.15) is 0 Å². The Hall–Kier alpha value is -1.06. The highest BCUT2D eigenvalue weighted by molar-refractivity contribution is 5.59. The van der Waals surface area contributed by atoms with Crippen molar-refractivity contribution in [3.05, 3.63) is 29.3 Å². The molecule has 0 radical (unpaired) electrons. The Morgan fingerprint density at radius 3 is 2.71 bits per heavy atom. The molecule has 0 amide bonds. The van der Waals surface area contributed by atoms with Crippen LogP contribution in [-0.4, -0.2) is 32.3 Å². The van der Waals surface area contributed by atoms with E-state index in [2.05, 4.69) is 36.9 Å². The second-order valence-electron chi connectivity index (χ2n) is 4.76. The molecule has 0 saturated carbocycles. The lowest BCUT2D eigenvalue weighted by molar-refractivity contribution is 0.0368. The lowest BCUT2D eigenvalue weighted by Crippen LogP contribution is -2.43. The van der Waals surface area contributed by atoms with Crippen molar-refractivity contribution in [3.63, 3.8) is 0 Å². The number of morpholine rings is 1. The van der Waals surface area contributed by atoms with Crippen molar-refractivity contribution in [3.8, 4) is 0 Å². The highest BCUT2D eigenvalue weighted by Crippen LogP contribution is 2.26. The summed E-state index contributed by atoms with van der Waals surface area (Å²) in [4.78, 5) is 2.44. The van der Waals surface area contributed by atoms with Gasteiger partial charge < -0.3 is 15.4 Å². The normalized spacial score (nSPS) is 20.6. The van der Waals surface area contributed by atoms with Crippen molar-refractivity contribution in [2.45, 2.75) is 26.4 Å². The molecule has 1 atom stereocenters. The monoisotopic (exact) mass is 234 g/mol. The maximum Gasteiger partial charge on any atom is 0.0762 e. The van der Waals surface area contributed by atoms with E-state index < -0.39 is 0 Å². The quantitative estimate of drug-likeness (QED) is 0.867. The third-order valence-electron chi connectivity index (χ3n) is 3.38. The maximum atomic E-state index is 5.73. The highest BCUT2D eigenvalue weighted by atomic mass is 16.5. The number of rotatable bonds is 3. The van der Waals surface area contributed by atoms with Crippen molar-refractivity contribution in [2.75, 3.05) is 31.1 Å². The number of ether oxygens (including phenoxy) is 1. The zero-order chi connectivity index (χ0) is 12.3. The zero-order valence-electron chi connectivity index (χ0n) is 10.8. The van der Waals surface area contributed by atoms with Gasteiger partial charge in [0.2, 0.25) is 0 Å². The summed E-state index contributed by atoms with van der Waals surface area (Å²) in [6, 6.07) is 6.47. The summed E-state index contributed by atoms with van der Waals surface area (Å²) in [6.45, 7) is 7.80. The van der Waals surface area contributed by atoms with Gasteiger partial charge in [-0.3, -0.25) is 0 Å². The van der Waals surface area contributed by atoms with E-state index in [0.717, 1.165) is 26.1 Å². The lowest BCUT2D eigenvalue weighted by atomic mass is 10.1. The molecule has 94 valence electrons. The van der Waals surface area contributed by atoms with E-state index in [4.69, 9.17) is 10.5 Å². The molecule has 1 saturated heterocycles. The number of nitrogens with two attached hydrogens (primary N) is 1. The summed E-state index contributed by atoms with van der Waals surface area (Å²) < 4.78 is 5.73. The van der Waals surface area contributed by atoms with Crippen LogP contribution in [0.15, 0.2) is 18.2 Å². The van der Waals surface area contributed by atoms with Gasteiger partial charge >= 0.3 is 0 Å². The smallest absolute Gasteiger partial charge is 0.0762 e. The molecule has 0 aliphatic carbocycles. The van der Waals surface area contributed by atoms with Gasteiger partial charge in [0.05, 0.1) is 12.7 Å². The van der Waals surface area contributed by atoms with Crippen LogP contribution in [0.4, 0.5) is 5.69 Å². The number of nitrogens with zero attached hydrogens (tertiary/aromatic N) is 1. The SMILES string of the molecule is Cc1cccc(C)c1N1CCOC(CCN)C1. The summed E-state index contributed by atoms with van der Waals surface area (Å²) in [5, 5.41) is 0. The topological polar surface area (TPSA) is 38.5 Å². The first-order chi connectivity index (χ1) is 8.22. The molecule has 1 aliphatic rings. The molecule has 1 aromatic rings. The molecule has 0 spiro atoms. The first-order valence-electron chi connectivity index (χ1n) is 6.35. The summed E-state index contributed by atoms with van der Waals surface area (Å²) in [5.41, 5.74) is 9.67. The predicted molar refractivity (Wildman–Crippen MR) is 71.5 cm³/mol. The number of aryl methyl sites for hydroxylation is 2. The van der Waals surface area contributed by atoms with Gasteiger partial charge in [-0.25, -0.2) is 0 Å². The Balaban J connectivity index is 2.16. The van der Waals surface area contributed by atoms with E-state index >= 15 is 0 Å². The van der Waals surface area contributed by atoms with Crippen LogP contribution in [0.3, 0.4) is 0 Å². The van der Waals surface area contributed by atoms with Crippen molar-refractivity contribution < 1.29 is 4.74 Å². The van der Waals surface area contributed by atoms with Gasteiger partial charge in [-0.05, 0) is 37.9 Å². The minimum atomic E-state index is 0.285. The molecule has 2 N–H and O–H groups in total. The van der Waals surface area contributed by atoms with E-state index in [1.165, 1.54) is 16.8 Å². The first-order valence-corrected chi connectivity index (χ1v) is 6.35. The molecule has 1 fully saturated rings. The van der Waals surface area contributed by atoms with Gasteiger partial charge in [0.15, 0.2) is 0 Å². The lowest BCUT2D eigenvalue weighted by Gasteiger charge is -2.36. The molecule has 17 heavy (non-hydrogen) atoms. The second-order valence-corrected chi connectivity index (χ2v) is 4.76. The number of hydrogen-bond acceptors (Lipinski definition) is 3. The van der Waals surface area contributed by atoms with Crippen LogP contribution >= 0.6 is 0 Å². The summed E-state index contributed by atoms with van der Waals surface area (Å²) in [7, 11) is 0. The van der Waals surface area contributed by atoms with E-state index in [1.54, 1.807) is 0 Å². The molecular weight excluding hydrogens is 212 g/mol. The molecule has 0 aromatic heterocycles. The van der Waals surface area contributed by atoms with Gasteiger partial charge in [-0.1, -0.05) is 18.2 Å². The molecule has 1 aliphatic heterocycles. The molecule has 0 bridgehead atoms. The molecule has 3 heteroatoms. The van der Waals surface area contributed by atoms with Crippen LogP contribution in [0.5, 0.6) is 0 Å². The van der Waals surface area contributed by atoms with Gasteiger partial charge in [0.25, 0.3) is 0 Å². The van der Waals surface area contributed by atoms with E-state index in [0.29, 0.717) is 6.54 Å². The Kier molecular flexibility index (Phi) is 4.02. The summed E-state index contributed by atoms with van der Waals surface area (Å²) >= 11 is 0. The fraction of sp³-hybridized carbons (Fsp3) is 0.571. The van der Waals surface area contributed by atoms with Crippen molar-refractivity contribution >= 4 is 5.69 Å². The van der Waals surface area contributed by atoms with Gasteiger partial charge in [0, 0.05) is 18.8 Å². The number of para-hydroxylation sites is 1. The average molecular weight is 234 g/mol. The largest absolute Gasteiger partial charge is 0.374 e. The predicted octanol–water partition coefficient (Wildman–Crippen LogP) is 1.86. The van der Waals surface area contributed by atoms with Crippen molar-refractivity contribution in [1.29, 1.82) is 0 Å². The molecule has 2 rings (SSSR count). The Morgan fingerprint density at radius 2 is 2.06 bits per heavy atom. The van der Waals surface area contributed by atoms with Crippen molar-refractivity contribution in [2.24, 2.45) is 5.73 Å². The molecule has 1 aromatic carbocycles. The van der Waals surface area contributed by atoms with Crippen LogP contribution in [0.1, 0.15) is 17.5 Å². The van der Waals surface area contributed by atoms with Crippen LogP contribution < -0.4 is 10.6 Å². The first kappa shape index (κ1) is 12.4. The molecule has 3 nitrogen and oxygen atoms in total. The summed E-state index contributed by atoms with van der Waals surface area (Å²) in [6.07, 6.45) is 1.23. The van der Waals surface area contributed by atoms with E-state index in [1.807, 2.05) is 0 Å². The number of benzene rings is 1. The third kappa shape index (κ3) is 2.79. The van der Waals surface area contributed by atoms with Crippen LogP contribution in [0, 0.1) is 13.8 Å². The minimum absolute atomic E-state index is 0.285. The summed E-state index contributed by atoms with van der Waals surface area (Å²) in [5.74, 6) is 0. The van der Waals surface area contributed by atoms with Gasteiger partial charge in [-0.2, -0.15) is 0 Å². The van der Waals surface area contributed by atoms with Crippen LogP contribution in [-0.2, 0) is 4.74 Å². The Morgan fingerprint density at radius 1 is 1.35 bits per heavy atom. The number of hydrogen-bond donors (Lipinski definition) is 1. The Labute approximate surface area is 104 Å². The highest BCUT2D eigenvalue weighted by Gasteiger charge is 2.21. The minimum Gasteiger partial charge on any atom is -0.374 e. The third-order valence-corrected chi connectivity index (χ3v) is 3.38. The van der Waals surface area contributed by atoms with Crippen molar-refractivity contribution in [1.82, 2.24) is 0 Å². The van der Waals surface area contributed by atoms with E-state index in [-0.39, 0.29) is 6.10 Å². The number of anilines is 1. The van der Waals surface area contributed by atoms with Crippen LogP contribution in [0.25, 0.3) is 0 Å². The van der Waals surface area contributed by atoms with Gasteiger partial charge in [-0.15, -0.1) is 0 Å². The fourth-order valence-corrected chi connectivity index (χ4v) is 2.59. The fourth-order valence-electron chi connectivity index (χ4n) is 2.59. The standard InChI is InChI=1S/C14H22N2O/c1-11-4-3-5-12(2)14(11)16-8-9-17-13(10-16)6-7-15/h3-5,13H,6-10,15H2,1-2H3. The molecule has 1 heterocycles. The van der Waals surface area contributed by atoms with Crippen LogP contribution in [0.2, 0.25) is 0 Å². The second kappa shape index (κ2) is 5.52. The zero-order valence-corrected chi connectivity index (χ0v) is 10.8. The molecule has 1 unspecified atom stereocenters. The molecular formula is C14H22N2O. The average Bonchev–Trinajstić information content (AvgIpc) is 2.30.